The van der Waals surface area contributed by atoms with Crippen LogP contribution >= 0.6 is 0 Å². The Hall–Kier alpha value is -2.07. The van der Waals surface area contributed by atoms with Crippen LogP contribution in [0.2, 0.25) is 0 Å². The predicted molar refractivity (Wildman–Crippen MR) is 80.2 cm³/mol. The van der Waals surface area contributed by atoms with Crippen molar-refractivity contribution < 1.29 is 9.21 Å². The van der Waals surface area contributed by atoms with Crippen molar-refractivity contribution in [3.8, 4) is 0 Å². The van der Waals surface area contributed by atoms with E-state index in [4.69, 9.17) is 10.2 Å². The Morgan fingerprint density at radius 1 is 1.50 bits per heavy atom. The lowest BCUT2D eigenvalue weighted by Gasteiger charge is -2.25. The Morgan fingerprint density at radius 3 is 2.85 bits per heavy atom. The van der Waals surface area contributed by atoms with E-state index < -0.39 is 6.04 Å². The molecule has 0 spiro atoms. The molecule has 1 amide bonds. The van der Waals surface area contributed by atoms with Gasteiger partial charge < -0.3 is 15.1 Å². The van der Waals surface area contributed by atoms with E-state index in [1.165, 1.54) is 0 Å². The maximum atomic E-state index is 12.2. The number of nitrogens with zero attached hydrogens (tertiary/aromatic N) is 1. The molecule has 0 fully saturated rings. The molecule has 4 heteroatoms. The summed E-state index contributed by atoms with van der Waals surface area (Å²) in [5.74, 6) is 0.644. The van der Waals surface area contributed by atoms with Gasteiger partial charge in [-0.3, -0.25) is 4.79 Å². The molecule has 2 N–H and O–H groups in total. The van der Waals surface area contributed by atoms with Gasteiger partial charge in [0.2, 0.25) is 5.91 Å². The zero-order valence-electron chi connectivity index (χ0n) is 11.9. The first-order chi connectivity index (χ1) is 9.54. The van der Waals surface area contributed by atoms with Crippen LogP contribution in [0, 0.1) is 0 Å². The minimum absolute atomic E-state index is 0.113. The third kappa shape index (κ3) is 2.75. The van der Waals surface area contributed by atoms with E-state index in [0.29, 0.717) is 6.42 Å². The first-order valence-electron chi connectivity index (χ1n) is 6.66. The van der Waals surface area contributed by atoms with Gasteiger partial charge in [-0.05, 0) is 25.5 Å². The summed E-state index contributed by atoms with van der Waals surface area (Å²) in [7, 11) is 1.74. The minimum atomic E-state index is -0.552. The van der Waals surface area contributed by atoms with Crippen LogP contribution in [0.4, 0.5) is 0 Å². The third-order valence-electron chi connectivity index (χ3n) is 3.52. The van der Waals surface area contributed by atoms with Crippen LogP contribution in [0.5, 0.6) is 0 Å². The molecule has 2 aromatic rings. The topological polar surface area (TPSA) is 59.5 Å². The highest BCUT2D eigenvalue weighted by atomic mass is 16.3. The van der Waals surface area contributed by atoms with Gasteiger partial charge in [0.25, 0.3) is 0 Å². The predicted octanol–water partition coefficient (Wildman–Crippen LogP) is 2.86. The lowest BCUT2D eigenvalue weighted by atomic mass is 10.1. The number of para-hydroxylation sites is 1. The molecule has 0 aliphatic rings. The maximum Gasteiger partial charge on any atom is 0.240 e. The van der Waals surface area contributed by atoms with Crippen molar-refractivity contribution in [1.29, 1.82) is 0 Å². The Bertz CT molecular complexity index is 585. The molecule has 2 atom stereocenters. The van der Waals surface area contributed by atoms with Gasteiger partial charge >= 0.3 is 0 Å². The lowest BCUT2D eigenvalue weighted by Crippen LogP contribution is -2.42. The Morgan fingerprint density at radius 2 is 2.20 bits per heavy atom. The average Bonchev–Trinajstić information content (AvgIpc) is 2.89. The van der Waals surface area contributed by atoms with Crippen molar-refractivity contribution in [2.75, 3.05) is 7.05 Å². The van der Waals surface area contributed by atoms with E-state index in [1.54, 1.807) is 18.0 Å². The summed E-state index contributed by atoms with van der Waals surface area (Å²) in [4.78, 5) is 13.8. The molecular weight excluding hydrogens is 252 g/mol. The second kappa shape index (κ2) is 5.92. The molecule has 1 aromatic heterocycles. The SMILES string of the molecule is C=CCC(N)C(=O)N(C)C(C)c1cc2ccccc2o1. The van der Waals surface area contributed by atoms with E-state index in [0.717, 1.165) is 16.7 Å². The first-order valence-corrected chi connectivity index (χ1v) is 6.66. The van der Waals surface area contributed by atoms with Gasteiger partial charge in [-0.25, -0.2) is 0 Å². The van der Waals surface area contributed by atoms with Gasteiger partial charge in [0.1, 0.15) is 11.3 Å². The molecule has 1 heterocycles. The largest absolute Gasteiger partial charge is 0.459 e. The van der Waals surface area contributed by atoms with Crippen LogP contribution in [-0.4, -0.2) is 23.9 Å². The van der Waals surface area contributed by atoms with Crippen LogP contribution in [-0.2, 0) is 4.79 Å². The number of rotatable bonds is 5. The van der Waals surface area contributed by atoms with E-state index in [1.807, 2.05) is 37.3 Å². The quantitative estimate of drug-likeness (QED) is 0.851. The Balaban J connectivity index is 2.19. The number of fused-ring (bicyclic) bond motifs is 1. The molecule has 1 aromatic carbocycles. The number of likely N-dealkylation sites (N-methyl/N-ethyl adjacent to an activating group) is 1. The second-order valence-corrected chi connectivity index (χ2v) is 4.94. The molecule has 0 aliphatic heterocycles. The van der Waals surface area contributed by atoms with Crippen molar-refractivity contribution in [1.82, 2.24) is 4.90 Å². The molecule has 0 aliphatic carbocycles. The van der Waals surface area contributed by atoms with Crippen molar-refractivity contribution in [2.24, 2.45) is 5.73 Å². The summed E-state index contributed by atoms with van der Waals surface area (Å²) >= 11 is 0. The Kier molecular flexibility index (Phi) is 4.25. The Labute approximate surface area is 118 Å². The highest BCUT2D eigenvalue weighted by molar-refractivity contribution is 5.82. The standard InChI is InChI=1S/C16H20N2O2/c1-4-7-13(17)16(19)18(3)11(2)15-10-12-8-5-6-9-14(12)20-15/h4-6,8-11,13H,1,7,17H2,2-3H3. The fraction of sp³-hybridized carbons (Fsp3) is 0.312. The normalized spacial score (nSPS) is 13.9. The van der Waals surface area contributed by atoms with Crippen molar-refractivity contribution in [3.63, 3.8) is 0 Å². The maximum absolute atomic E-state index is 12.2. The molecular formula is C16H20N2O2. The molecule has 106 valence electrons. The number of furan rings is 1. The smallest absolute Gasteiger partial charge is 0.240 e. The molecule has 0 radical (unpaired) electrons. The van der Waals surface area contributed by atoms with Gasteiger partial charge in [-0.1, -0.05) is 24.3 Å². The van der Waals surface area contributed by atoms with Crippen molar-refractivity contribution in [2.45, 2.75) is 25.4 Å². The second-order valence-electron chi connectivity index (χ2n) is 4.94. The number of carbonyl (C=O) groups is 1. The number of nitrogens with two attached hydrogens (primary N) is 1. The molecule has 0 saturated carbocycles. The summed E-state index contributed by atoms with van der Waals surface area (Å²) in [5.41, 5.74) is 6.65. The highest BCUT2D eigenvalue weighted by Crippen LogP contribution is 2.26. The number of hydrogen-bond acceptors (Lipinski definition) is 3. The first kappa shape index (κ1) is 14.3. The molecule has 4 nitrogen and oxygen atoms in total. The zero-order valence-corrected chi connectivity index (χ0v) is 11.9. The fourth-order valence-electron chi connectivity index (χ4n) is 2.13. The van der Waals surface area contributed by atoms with Gasteiger partial charge in [0.15, 0.2) is 0 Å². The van der Waals surface area contributed by atoms with E-state index in [-0.39, 0.29) is 11.9 Å². The van der Waals surface area contributed by atoms with E-state index in [9.17, 15) is 4.79 Å². The molecule has 2 unspecified atom stereocenters. The van der Waals surface area contributed by atoms with Gasteiger partial charge in [0, 0.05) is 12.4 Å². The monoisotopic (exact) mass is 272 g/mol. The number of hydrogen-bond donors (Lipinski definition) is 1. The zero-order chi connectivity index (χ0) is 14.7. The highest BCUT2D eigenvalue weighted by Gasteiger charge is 2.24. The van der Waals surface area contributed by atoms with Gasteiger partial charge in [-0.2, -0.15) is 0 Å². The molecule has 20 heavy (non-hydrogen) atoms. The molecule has 2 rings (SSSR count). The van der Waals surface area contributed by atoms with Crippen LogP contribution < -0.4 is 5.73 Å². The number of benzene rings is 1. The van der Waals surface area contributed by atoms with Crippen molar-refractivity contribution >= 4 is 16.9 Å². The van der Waals surface area contributed by atoms with Crippen LogP contribution in [0.25, 0.3) is 11.0 Å². The average molecular weight is 272 g/mol. The summed E-state index contributed by atoms with van der Waals surface area (Å²) < 4.78 is 5.79. The van der Waals surface area contributed by atoms with E-state index in [2.05, 4.69) is 6.58 Å². The van der Waals surface area contributed by atoms with Gasteiger partial charge in [0.05, 0.1) is 12.1 Å². The van der Waals surface area contributed by atoms with Gasteiger partial charge in [-0.15, -0.1) is 6.58 Å². The molecule has 0 bridgehead atoms. The summed E-state index contributed by atoms with van der Waals surface area (Å²) in [6.45, 7) is 5.53. The van der Waals surface area contributed by atoms with Crippen LogP contribution in [0.15, 0.2) is 47.4 Å². The van der Waals surface area contributed by atoms with Crippen LogP contribution in [0.3, 0.4) is 0 Å². The fourth-order valence-corrected chi connectivity index (χ4v) is 2.13. The summed E-state index contributed by atoms with van der Waals surface area (Å²) in [6, 6.07) is 9.03. The van der Waals surface area contributed by atoms with Crippen LogP contribution in [0.1, 0.15) is 25.1 Å². The van der Waals surface area contributed by atoms with Crippen molar-refractivity contribution in [3.05, 3.63) is 48.7 Å². The summed E-state index contributed by atoms with van der Waals surface area (Å²) in [5, 5.41) is 1.03. The number of carbonyl (C=O) groups excluding carboxylic acids is 1. The number of amides is 1. The third-order valence-corrected chi connectivity index (χ3v) is 3.52. The lowest BCUT2D eigenvalue weighted by molar-refractivity contribution is -0.133. The minimum Gasteiger partial charge on any atom is -0.459 e. The van der Waals surface area contributed by atoms with E-state index >= 15 is 0 Å². The summed E-state index contributed by atoms with van der Waals surface area (Å²) in [6.07, 6.45) is 2.12. The molecule has 0 saturated heterocycles.